The molecule has 0 bridgehead atoms. The van der Waals surface area contributed by atoms with E-state index in [1.165, 1.54) is 6.92 Å². The first kappa shape index (κ1) is 19.9. The van der Waals surface area contributed by atoms with Crippen LogP contribution in [0.15, 0.2) is 34.3 Å². The molecule has 0 aromatic carbocycles. The molecule has 3 saturated carbocycles. The summed E-state index contributed by atoms with van der Waals surface area (Å²) in [5, 5.41) is -0.0636. The molecular formula is C24H30O3S. The van der Waals surface area contributed by atoms with E-state index < -0.39 is 0 Å². The molecule has 0 aliphatic heterocycles. The van der Waals surface area contributed by atoms with Crippen molar-refractivity contribution in [1.82, 2.24) is 0 Å². The van der Waals surface area contributed by atoms with Gasteiger partial charge in [-0.15, -0.1) is 0 Å². The molecule has 0 saturated heterocycles. The Bertz CT molecular complexity index is 878. The molecule has 0 N–H and O–H groups in total. The van der Waals surface area contributed by atoms with Crippen molar-refractivity contribution in [1.29, 1.82) is 0 Å². The first-order chi connectivity index (χ1) is 13.0. The Balaban J connectivity index is 1.89. The smallest absolute Gasteiger partial charge is 0.192 e. The fourth-order valence-corrected chi connectivity index (χ4v) is 7.86. The maximum absolute atomic E-state index is 12.8. The molecule has 150 valence electrons. The van der Waals surface area contributed by atoms with Crippen LogP contribution >= 0.6 is 11.8 Å². The zero-order valence-electron chi connectivity index (χ0n) is 17.6. The highest BCUT2D eigenvalue weighted by Crippen LogP contribution is 2.68. The molecule has 4 rings (SSSR count). The maximum Gasteiger partial charge on any atom is 0.192 e. The molecule has 4 aliphatic carbocycles. The zero-order valence-corrected chi connectivity index (χ0v) is 18.4. The van der Waals surface area contributed by atoms with Gasteiger partial charge in [-0.25, -0.2) is 0 Å². The van der Waals surface area contributed by atoms with Gasteiger partial charge in [-0.3, -0.25) is 14.4 Å². The van der Waals surface area contributed by atoms with Crippen LogP contribution in [0, 0.1) is 34.5 Å². The molecule has 0 aromatic rings. The molecule has 3 nitrogen and oxygen atoms in total. The number of carbonyl (C=O) groups excluding carboxylic acids is 3. The van der Waals surface area contributed by atoms with E-state index in [0.29, 0.717) is 34.9 Å². The predicted octanol–water partition coefficient (Wildman–Crippen LogP) is 5.27. The quantitative estimate of drug-likeness (QED) is 0.603. The Morgan fingerprint density at radius 2 is 1.89 bits per heavy atom. The molecule has 0 aromatic heterocycles. The molecular weight excluding hydrogens is 368 g/mol. The number of hydrogen-bond donors (Lipinski definition) is 0. The summed E-state index contributed by atoms with van der Waals surface area (Å²) >= 11 is 1.07. The van der Waals surface area contributed by atoms with Gasteiger partial charge in [0.05, 0.1) is 4.91 Å². The monoisotopic (exact) mass is 398 g/mol. The van der Waals surface area contributed by atoms with Crippen LogP contribution in [0.5, 0.6) is 0 Å². The molecule has 4 heteroatoms. The van der Waals surface area contributed by atoms with Crippen LogP contribution < -0.4 is 0 Å². The first-order valence-electron chi connectivity index (χ1n) is 10.4. The molecule has 28 heavy (non-hydrogen) atoms. The van der Waals surface area contributed by atoms with Crippen LogP contribution in [-0.2, 0) is 14.4 Å². The zero-order chi connectivity index (χ0) is 20.6. The molecule has 3 fully saturated rings. The van der Waals surface area contributed by atoms with E-state index in [0.717, 1.165) is 47.7 Å². The summed E-state index contributed by atoms with van der Waals surface area (Å²) in [5.74, 6) is 1.74. The Morgan fingerprint density at radius 3 is 2.54 bits per heavy atom. The standard InChI is InChI=1S/C24H30O3S/c1-12-11-18(26)22(28-15(4)25)21-14(3)13(2)20-16-7-8-19(27)23(16,5)10-9-17(20)24(12,21)6/h11,13,16-17,20H,3,7-10H2,1-2,4-6H3/t13-,16+,17+,20+,23+,24-/m1/s1. The lowest BCUT2D eigenvalue weighted by Gasteiger charge is -2.60. The topological polar surface area (TPSA) is 51.2 Å². The molecule has 4 aliphatic rings. The molecule has 0 spiro atoms. The third-order valence-corrected chi connectivity index (χ3v) is 9.51. The van der Waals surface area contributed by atoms with Crippen LogP contribution in [0.2, 0.25) is 0 Å². The summed E-state index contributed by atoms with van der Waals surface area (Å²) in [6, 6.07) is 0. The van der Waals surface area contributed by atoms with Gasteiger partial charge in [-0.1, -0.05) is 32.9 Å². The third kappa shape index (κ3) is 2.39. The van der Waals surface area contributed by atoms with Gasteiger partial charge in [0.2, 0.25) is 0 Å². The van der Waals surface area contributed by atoms with Crippen molar-refractivity contribution < 1.29 is 14.4 Å². The minimum Gasteiger partial charge on any atom is -0.299 e. The average molecular weight is 399 g/mol. The van der Waals surface area contributed by atoms with Crippen LogP contribution in [-0.4, -0.2) is 16.7 Å². The van der Waals surface area contributed by atoms with Crippen LogP contribution in [0.4, 0.5) is 0 Å². The lowest BCUT2D eigenvalue weighted by molar-refractivity contribution is -0.132. The van der Waals surface area contributed by atoms with Crippen molar-refractivity contribution >= 4 is 28.4 Å². The Labute approximate surface area is 172 Å². The number of allylic oxidation sites excluding steroid dienone is 5. The van der Waals surface area contributed by atoms with E-state index in [4.69, 9.17) is 0 Å². The largest absolute Gasteiger partial charge is 0.299 e. The van der Waals surface area contributed by atoms with E-state index in [1.807, 2.05) is 0 Å². The van der Waals surface area contributed by atoms with Crippen molar-refractivity contribution in [2.75, 3.05) is 0 Å². The summed E-state index contributed by atoms with van der Waals surface area (Å²) in [5.41, 5.74) is 2.59. The third-order valence-electron chi connectivity index (χ3n) is 8.61. The van der Waals surface area contributed by atoms with E-state index in [2.05, 4.69) is 34.3 Å². The van der Waals surface area contributed by atoms with Gasteiger partial charge in [-0.05, 0) is 78.8 Å². The number of carbonyl (C=O) groups is 3. The molecule has 0 amide bonds. The van der Waals surface area contributed by atoms with E-state index in [-0.39, 0.29) is 27.6 Å². The first-order valence-corrected chi connectivity index (χ1v) is 11.2. The van der Waals surface area contributed by atoms with Gasteiger partial charge >= 0.3 is 0 Å². The van der Waals surface area contributed by atoms with Crippen LogP contribution in [0.3, 0.4) is 0 Å². The lowest BCUT2D eigenvalue weighted by atomic mass is 9.44. The minimum atomic E-state index is -0.285. The summed E-state index contributed by atoms with van der Waals surface area (Å²) in [4.78, 5) is 38.0. The summed E-state index contributed by atoms with van der Waals surface area (Å²) in [6.45, 7) is 14.7. The van der Waals surface area contributed by atoms with E-state index in [9.17, 15) is 14.4 Å². The Hall–Kier alpha value is -1.42. The Morgan fingerprint density at radius 1 is 1.21 bits per heavy atom. The maximum atomic E-state index is 12.8. The van der Waals surface area contributed by atoms with Crippen molar-refractivity contribution in [2.24, 2.45) is 34.5 Å². The average Bonchev–Trinajstić information content (AvgIpc) is 2.92. The number of hydrogen-bond acceptors (Lipinski definition) is 4. The number of ketones is 2. The minimum absolute atomic E-state index is 0.0614. The van der Waals surface area contributed by atoms with Gasteiger partial charge in [0.15, 0.2) is 10.9 Å². The second kappa shape index (κ2) is 6.29. The van der Waals surface area contributed by atoms with Crippen LogP contribution in [0.1, 0.15) is 60.3 Å². The van der Waals surface area contributed by atoms with E-state index >= 15 is 0 Å². The van der Waals surface area contributed by atoms with E-state index in [1.54, 1.807) is 6.08 Å². The summed E-state index contributed by atoms with van der Waals surface area (Å²) in [6.07, 6.45) is 5.32. The van der Waals surface area contributed by atoms with Gasteiger partial charge in [-0.2, -0.15) is 0 Å². The predicted molar refractivity (Wildman–Crippen MR) is 113 cm³/mol. The van der Waals surface area contributed by atoms with Gasteiger partial charge < -0.3 is 0 Å². The lowest BCUT2D eigenvalue weighted by Crippen LogP contribution is -2.54. The van der Waals surface area contributed by atoms with Gasteiger partial charge in [0.1, 0.15) is 5.78 Å². The number of rotatable bonds is 1. The normalized spacial score (nSPS) is 42.8. The number of thioether (sulfide) groups is 1. The molecule has 0 radical (unpaired) electrons. The van der Waals surface area contributed by atoms with Crippen molar-refractivity contribution in [2.45, 2.75) is 60.3 Å². The molecule has 0 heterocycles. The fraction of sp³-hybridized carbons (Fsp3) is 0.625. The molecule has 6 atom stereocenters. The van der Waals surface area contributed by atoms with Crippen molar-refractivity contribution in [3.8, 4) is 0 Å². The summed E-state index contributed by atoms with van der Waals surface area (Å²) < 4.78 is 0. The SMILES string of the molecule is C=C1C2=C(SC(C)=O)C(=O)C=C(C)[C@]2(C)[C@H]2CC[C@]3(C)C(=O)CC[C@H]3[C@@H]2[C@@H]1C. The van der Waals surface area contributed by atoms with Gasteiger partial charge in [0.25, 0.3) is 0 Å². The second-order valence-electron chi connectivity index (χ2n) is 9.71. The number of fused-ring (bicyclic) bond motifs is 5. The number of Topliss-reactive ketones (excluding diaryl/α,β-unsaturated/α-hetero) is 1. The fourth-order valence-electron chi connectivity index (χ4n) is 6.97. The highest BCUT2D eigenvalue weighted by molar-refractivity contribution is 8.17. The van der Waals surface area contributed by atoms with Crippen molar-refractivity contribution in [3.63, 3.8) is 0 Å². The highest BCUT2D eigenvalue weighted by Gasteiger charge is 2.62. The van der Waals surface area contributed by atoms with Crippen LogP contribution in [0.25, 0.3) is 0 Å². The van der Waals surface area contributed by atoms with Gasteiger partial charge in [0, 0.05) is 24.2 Å². The Kier molecular flexibility index (Phi) is 4.46. The summed E-state index contributed by atoms with van der Waals surface area (Å²) in [7, 11) is 0. The molecule has 0 unspecified atom stereocenters. The second-order valence-corrected chi connectivity index (χ2v) is 10.9. The highest BCUT2D eigenvalue weighted by atomic mass is 32.2. The van der Waals surface area contributed by atoms with Crippen molar-refractivity contribution in [3.05, 3.63) is 34.3 Å².